The smallest absolute Gasteiger partial charge is 0.155 e. The Morgan fingerprint density at radius 1 is 0.234 bits per heavy atom. The van der Waals surface area contributed by atoms with Gasteiger partial charge < -0.3 is 14.7 Å². The summed E-state index contributed by atoms with van der Waals surface area (Å²) in [6.45, 7) is 17.7. The van der Waals surface area contributed by atoms with E-state index < -0.39 is 10.8 Å². The number of nitrogens with zero attached hydrogens (tertiary/aromatic N) is 3. The number of rotatable bonds is 41. The number of aryl methyl sites for hydroxylation is 1. The molecule has 0 aromatic heterocycles. The van der Waals surface area contributed by atoms with E-state index in [1.807, 2.05) is 0 Å². The van der Waals surface area contributed by atoms with Gasteiger partial charge in [-0.25, -0.2) is 0 Å². The molecule has 2 aliphatic rings. The highest BCUT2D eigenvalue weighted by Crippen LogP contribution is 2.56. The van der Waals surface area contributed by atoms with Gasteiger partial charge in [0, 0.05) is 76.9 Å². The molecular formula is C117H123N3O4. The summed E-state index contributed by atoms with van der Waals surface area (Å²) in [6.07, 6.45) is 21.6. The van der Waals surface area contributed by atoms with Crippen LogP contribution in [0, 0.1) is 6.92 Å². The van der Waals surface area contributed by atoms with Crippen LogP contribution in [-0.2, 0) is 35.4 Å². The Balaban J connectivity index is 0.710. The molecule has 0 atom stereocenters. The van der Waals surface area contributed by atoms with Crippen LogP contribution in [0.4, 0.5) is 51.2 Å². The zero-order valence-corrected chi connectivity index (χ0v) is 74.4. The number of hydrogen-bond donors (Lipinski definition) is 0. The van der Waals surface area contributed by atoms with Crippen molar-refractivity contribution >= 4 is 74.3 Å². The maximum absolute atomic E-state index is 16.0. The van der Waals surface area contributed by atoms with Gasteiger partial charge in [0.25, 0.3) is 0 Å². The van der Waals surface area contributed by atoms with Crippen LogP contribution < -0.4 is 14.7 Å². The predicted octanol–water partition coefficient (Wildman–Crippen LogP) is 32.6. The van der Waals surface area contributed by atoms with Crippen LogP contribution in [-0.4, -0.2) is 23.1 Å². The van der Waals surface area contributed by atoms with Crippen LogP contribution in [0.1, 0.15) is 236 Å². The van der Waals surface area contributed by atoms with Crippen LogP contribution in [0.2, 0.25) is 0 Å². The summed E-state index contributed by atoms with van der Waals surface area (Å²) in [7, 11) is 0. The molecule has 2 aliphatic carbocycles. The second kappa shape index (κ2) is 40.1. The van der Waals surface area contributed by atoms with Gasteiger partial charge >= 0.3 is 0 Å². The summed E-state index contributed by atoms with van der Waals surface area (Å²) < 4.78 is 0. The zero-order valence-electron chi connectivity index (χ0n) is 74.4. The number of hydrogen-bond acceptors (Lipinski definition) is 7. The maximum Gasteiger partial charge on any atom is 0.155 e. The second-order valence-electron chi connectivity index (χ2n) is 35.7. The molecule has 124 heavy (non-hydrogen) atoms. The van der Waals surface area contributed by atoms with Crippen molar-refractivity contribution in [3.05, 3.63) is 343 Å². The highest BCUT2D eigenvalue weighted by molar-refractivity contribution is 6.22. The lowest BCUT2D eigenvalue weighted by atomic mass is 9.68. The molecule has 13 aromatic rings. The number of unbranched alkanes of at least 4 members (excludes halogenated alkanes) is 16. The monoisotopic (exact) mass is 1630 g/mol. The van der Waals surface area contributed by atoms with Crippen molar-refractivity contribution in [3.8, 4) is 66.8 Å². The van der Waals surface area contributed by atoms with E-state index in [9.17, 15) is 0 Å². The molecule has 7 heteroatoms. The first kappa shape index (κ1) is 86.9. The molecule has 0 unspecified atom stereocenters. The summed E-state index contributed by atoms with van der Waals surface area (Å²) in [5.74, 6) is 0.0845. The molecular weight excluding hydrogens is 1510 g/mol. The van der Waals surface area contributed by atoms with Crippen molar-refractivity contribution in [2.45, 2.75) is 226 Å². The summed E-state index contributed by atoms with van der Waals surface area (Å²) in [5.41, 5.74) is 24.1. The molecule has 7 nitrogen and oxygen atoms in total. The largest absolute Gasteiger partial charge is 0.311 e. The molecule has 0 bridgehead atoms. The number of fused-ring (bicyclic) bond motifs is 6. The highest BCUT2D eigenvalue weighted by Gasteiger charge is 2.55. The summed E-state index contributed by atoms with van der Waals surface area (Å²) in [4.78, 5) is 69.6. The van der Waals surface area contributed by atoms with E-state index in [-0.39, 0.29) is 28.5 Å². The molecule has 0 spiro atoms. The first-order chi connectivity index (χ1) is 60.6. The predicted molar refractivity (Wildman–Crippen MR) is 522 cm³/mol. The van der Waals surface area contributed by atoms with Crippen LogP contribution in [0.5, 0.6) is 0 Å². The summed E-state index contributed by atoms with van der Waals surface area (Å²) in [5, 5.41) is 0. The summed E-state index contributed by atoms with van der Waals surface area (Å²) in [6, 6.07) is 110. The van der Waals surface area contributed by atoms with Crippen molar-refractivity contribution in [1.82, 2.24) is 0 Å². The van der Waals surface area contributed by atoms with Gasteiger partial charge in [0.15, 0.2) is 23.1 Å². The fraction of sp³-hybridized carbons (Fsp3) is 0.299. The van der Waals surface area contributed by atoms with Crippen LogP contribution in [0.3, 0.4) is 0 Å². The number of ketones is 4. The average molecular weight is 1640 g/mol. The van der Waals surface area contributed by atoms with E-state index >= 15 is 19.2 Å². The Morgan fingerprint density at radius 2 is 0.444 bits per heavy atom. The number of carbonyl (C=O) groups is 4. The fourth-order valence-corrected chi connectivity index (χ4v) is 19.3. The quantitative estimate of drug-likeness (QED) is 0.0279. The number of benzene rings is 13. The molecule has 0 saturated carbocycles. The van der Waals surface area contributed by atoms with E-state index in [4.69, 9.17) is 0 Å². The lowest BCUT2D eigenvalue weighted by Gasteiger charge is -2.30. The van der Waals surface area contributed by atoms with Crippen LogP contribution in [0.25, 0.3) is 66.8 Å². The van der Waals surface area contributed by atoms with Gasteiger partial charge in [0.05, 0.1) is 0 Å². The molecule has 13 aromatic carbocycles. The molecule has 0 fully saturated rings. The van der Waals surface area contributed by atoms with Crippen molar-refractivity contribution in [2.75, 3.05) is 14.7 Å². The number of carbonyl (C=O) groups excluding carboxylic acids is 4. The molecule has 0 heterocycles. The van der Waals surface area contributed by atoms with Crippen molar-refractivity contribution < 1.29 is 19.2 Å². The normalized spacial score (nSPS) is 12.7. The van der Waals surface area contributed by atoms with Crippen molar-refractivity contribution in [3.63, 3.8) is 0 Å². The molecule has 0 saturated heterocycles. The van der Waals surface area contributed by atoms with E-state index in [1.54, 1.807) is 0 Å². The Kier molecular flexibility index (Phi) is 28.1. The van der Waals surface area contributed by atoms with E-state index in [1.165, 1.54) is 5.56 Å². The average Bonchev–Trinajstić information content (AvgIpc) is 1.55. The van der Waals surface area contributed by atoms with Crippen molar-refractivity contribution in [1.29, 1.82) is 0 Å². The third-order valence-corrected chi connectivity index (χ3v) is 26.1. The van der Waals surface area contributed by atoms with Gasteiger partial charge in [-0.1, -0.05) is 339 Å². The standard InChI is InChI=1S/C117H123N3O4/c1-9-13-17-21-34-44-111(121)116(112(122)45-35-22-18-14-10-2)107-80-84(5)48-76-103(107)104-77-59-90(81-108(104)116)87-53-68-99(69-54-87)118(94-38-28-25-29-39-94)97-64-49-85(50-65-97)86-51-66-98(67-52-86)119(95-40-30-26-31-41-95)100-70-55-88(56-71-100)91-60-78-105-106-79-61-92(83-110(106)117(109(105)82-91,113(123)46-36-23-19-15-11-3)114(124)47-37-24-20-16-12-4)89-57-72-101(73-58-89)120(96-42-32-27-33-43-96)102-74-62-93(63-75-102)115(6,7)8/h25-33,38-43,48-83H,9-24,34-37,44-47H2,1-8H3. The van der Waals surface area contributed by atoms with Gasteiger partial charge in [-0.15, -0.1) is 0 Å². The molecule has 15 rings (SSSR count). The van der Waals surface area contributed by atoms with Gasteiger partial charge in [-0.05, 0) is 260 Å². The van der Waals surface area contributed by atoms with Crippen LogP contribution >= 0.6 is 0 Å². The minimum Gasteiger partial charge on any atom is -0.311 e. The van der Waals surface area contributed by atoms with Gasteiger partial charge in [0.1, 0.15) is 10.8 Å². The lowest BCUT2D eigenvalue weighted by Crippen LogP contribution is -2.43. The van der Waals surface area contributed by atoms with Crippen LogP contribution in [0.15, 0.2) is 309 Å². The Hall–Kier alpha value is -12.1. The number of para-hydroxylation sites is 3. The Morgan fingerprint density at radius 3 is 0.694 bits per heavy atom. The minimum atomic E-state index is -1.48. The zero-order chi connectivity index (χ0) is 86.2. The molecule has 0 amide bonds. The van der Waals surface area contributed by atoms with Crippen molar-refractivity contribution in [2.24, 2.45) is 0 Å². The third-order valence-electron chi connectivity index (χ3n) is 26.1. The third kappa shape index (κ3) is 18.4. The Bertz CT molecular complexity index is 5740. The topological polar surface area (TPSA) is 78.0 Å². The van der Waals surface area contributed by atoms with Gasteiger partial charge in [-0.3, -0.25) is 19.2 Å². The Labute approximate surface area is 738 Å². The first-order valence-corrected chi connectivity index (χ1v) is 46.4. The molecule has 0 aliphatic heterocycles. The highest BCUT2D eigenvalue weighted by atomic mass is 16.2. The first-order valence-electron chi connectivity index (χ1n) is 46.4. The minimum absolute atomic E-state index is 0.00345. The summed E-state index contributed by atoms with van der Waals surface area (Å²) >= 11 is 0. The second-order valence-corrected chi connectivity index (χ2v) is 35.7. The number of Topliss-reactive ketones (excluding diaryl/α,β-unsaturated/α-hetero) is 4. The van der Waals surface area contributed by atoms with E-state index in [2.05, 4.69) is 379 Å². The van der Waals surface area contributed by atoms with E-state index in [0.29, 0.717) is 25.7 Å². The molecule has 630 valence electrons. The number of anilines is 9. The maximum atomic E-state index is 16.0. The van der Waals surface area contributed by atoms with E-state index in [0.717, 1.165) is 274 Å². The fourth-order valence-electron chi connectivity index (χ4n) is 19.3. The lowest BCUT2D eigenvalue weighted by molar-refractivity contribution is -0.135. The molecule has 0 radical (unpaired) electrons. The molecule has 0 N–H and O–H groups in total. The van der Waals surface area contributed by atoms with Gasteiger partial charge in [-0.2, -0.15) is 0 Å². The van der Waals surface area contributed by atoms with Gasteiger partial charge in [0.2, 0.25) is 0 Å². The SMILES string of the molecule is CCCCCCCC(=O)C1(C(=O)CCCCCCC)c2cc(C)ccc2-c2ccc(-c3ccc(N(c4ccccc4)c4ccc(-c5ccc(N(c6ccccc6)c6ccc(-c7ccc8c(c7)C(C(=O)CCCCCCC)(C(=O)CCCCCCC)c7cc(-c9ccc(N(c%10ccccc%10)c%10ccc(C(C)(C)C)cc%10)cc9)ccc7-8)cc6)cc5)cc4)cc3)cc21.